The molecular weight excluding hydrogens is 605 g/mol. The monoisotopic (exact) mass is 653 g/mol. The second-order valence-electron chi connectivity index (χ2n) is 9.49. The van der Waals surface area contributed by atoms with Gasteiger partial charge in [0.15, 0.2) is 13.5 Å². The van der Waals surface area contributed by atoms with Gasteiger partial charge in [0.25, 0.3) is 0 Å². The molecule has 44 heavy (non-hydrogen) atoms. The summed E-state index contributed by atoms with van der Waals surface area (Å²) >= 11 is 7.92. The molecule has 0 amide bonds. The summed E-state index contributed by atoms with van der Waals surface area (Å²) in [5.41, 5.74) is 4.29. The Bertz CT molecular complexity index is 1390. The molecule has 0 aliphatic rings. The molecule has 0 spiro atoms. The number of benzene rings is 1. The van der Waals surface area contributed by atoms with Crippen LogP contribution in [0, 0.1) is 11.8 Å². The standard InChI is InChI=1S/C32H43ClN3O2PS.C4H6/c1-7-10-11-12-13-14-28-15-17-29(18-16-28)19-20-30-31(23-26(5)33)36-32(35-30)40-24-39(37-9-3)38-27(6)25(4)21-22-34-8-2;1-3-4-2/h7,10-13,15-18,20-23,26-27H,1,8-9,14,19,24H2,2-6H3,(H,35,36);1-2H3/b11-10-,13-12-,25-21+,30-20+,31-23+,34-22?;/t26?,27-,39-;/m0./s1. The molecule has 238 valence electrons. The molecule has 0 bridgehead atoms. The Kier molecular flexibility index (Phi) is 22.1. The number of aliphatic imine (C=N–C) groups is 1. The second-order valence-corrected chi connectivity index (χ2v) is 13.0. The third-order valence-corrected chi connectivity index (χ3v) is 8.96. The maximum Gasteiger partial charge on any atom is 0.182 e. The Hall–Kier alpha value is -2.65. The zero-order valence-electron chi connectivity index (χ0n) is 27.3. The summed E-state index contributed by atoms with van der Waals surface area (Å²) in [4.78, 5) is 12.6. The van der Waals surface area contributed by atoms with Crippen molar-refractivity contribution in [2.75, 3.05) is 18.6 Å². The number of nitrogens with zero attached hydrogens (tertiary/aromatic N) is 2. The molecule has 0 saturated carbocycles. The van der Waals surface area contributed by atoms with E-state index >= 15 is 0 Å². The molecule has 8 heteroatoms. The van der Waals surface area contributed by atoms with Gasteiger partial charge in [-0.05, 0) is 90.2 Å². The zero-order valence-corrected chi connectivity index (χ0v) is 29.8. The van der Waals surface area contributed by atoms with Gasteiger partial charge in [0.1, 0.15) is 0 Å². The largest absolute Gasteiger partial charge is 0.334 e. The first-order valence-corrected chi connectivity index (χ1v) is 17.7. The van der Waals surface area contributed by atoms with Crippen molar-refractivity contribution in [3.05, 3.63) is 94.7 Å². The summed E-state index contributed by atoms with van der Waals surface area (Å²) in [5.74, 6) is 5.36. The van der Waals surface area contributed by atoms with Gasteiger partial charge in [0.05, 0.1) is 34.3 Å². The molecule has 1 heterocycles. The fraction of sp³-hybridized carbons (Fsp3) is 0.389. The van der Waals surface area contributed by atoms with E-state index in [4.69, 9.17) is 25.6 Å². The molecule has 2 aromatic rings. The van der Waals surface area contributed by atoms with Crippen molar-refractivity contribution in [2.45, 2.75) is 77.9 Å². The minimum absolute atomic E-state index is 0.0560. The van der Waals surface area contributed by atoms with Crippen molar-refractivity contribution >= 4 is 50.1 Å². The molecule has 0 saturated heterocycles. The Morgan fingerprint density at radius 1 is 1.11 bits per heavy atom. The highest BCUT2D eigenvalue weighted by atomic mass is 35.5. The predicted molar refractivity (Wildman–Crippen MR) is 196 cm³/mol. The van der Waals surface area contributed by atoms with Crippen LogP contribution < -0.4 is 10.7 Å². The van der Waals surface area contributed by atoms with Crippen molar-refractivity contribution in [3.8, 4) is 11.8 Å². The van der Waals surface area contributed by atoms with Crippen molar-refractivity contribution in [1.29, 1.82) is 0 Å². The number of allylic oxidation sites excluding steroid dienone is 6. The Balaban J connectivity index is 0.00000227. The molecule has 1 unspecified atom stereocenters. The maximum atomic E-state index is 6.31. The normalized spacial score (nSPS) is 14.9. The van der Waals surface area contributed by atoms with Crippen molar-refractivity contribution in [1.82, 2.24) is 9.97 Å². The number of hydrogen-bond donors (Lipinski definition) is 1. The molecule has 0 radical (unpaired) electrons. The predicted octanol–water partition coefficient (Wildman–Crippen LogP) is 8.55. The zero-order chi connectivity index (χ0) is 32.6. The lowest BCUT2D eigenvalue weighted by molar-refractivity contribution is 0.224. The number of aromatic amines is 1. The number of hydrogen-bond acceptors (Lipinski definition) is 5. The fourth-order valence-corrected chi connectivity index (χ4v) is 6.23. The molecule has 1 N–H and O–H groups in total. The van der Waals surface area contributed by atoms with Gasteiger partial charge in [-0.3, -0.25) is 4.99 Å². The molecule has 0 aliphatic carbocycles. The summed E-state index contributed by atoms with van der Waals surface area (Å²) in [6, 6.07) is 8.70. The SMILES string of the molecule is C=C/C=C\C=C/Cc1ccc(C/C=c2/nc(SC[P@@](OCC)O[C@@H](C)/C(C)=C/C=NCC)[nH]/c2=C/C(C)Cl)cc1.CC#CC. The van der Waals surface area contributed by atoms with Gasteiger partial charge in [-0.1, -0.05) is 79.1 Å². The number of rotatable bonds is 17. The van der Waals surface area contributed by atoms with E-state index in [-0.39, 0.29) is 11.5 Å². The van der Waals surface area contributed by atoms with Crippen LogP contribution in [0.1, 0.15) is 59.6 Å². The number of nitrogens with one attached hydrogen (secondary N) is 1. The Labute approximate surface area is 276 Å². The van der Waals surface area contributed by atoms with Gasteiger partial charge in [-0.2, -0.15) is 0 Å². The van der Waals surface area contributed by atoms with Crippen molar-refractivity contribution in [2.24, 2.45) is 4.99 Å². The first kappa shape index (κ1) is 39.4. The quantitative estimate of drug-likeness (QED) is 0.0464. The van der Waals surface area contributed by atoms with E-state index in [2.05, 4.69) is 71.7 Å². The lowest BCUT2D eigenvalue weighted by Gasteiger charge is -2.21. The topological polar surface area (TPSA) is 59.5 Å². The summed E-state index contributed by atoms with van der Waals surface area (Å²) in [7, 11) is -1.09. The van der Waals surface area contributed by atoms with E-state index in [1.165, 1.54) is 11.1 Å². The lowest BCUT2D eigenvalue weighted by Crippen LogP contribution is -2.25. The summed E-state index contributed by atoms with van der Waals surface area (Å²) in [5, 5.41) is 2.55. The maximum absolute atomic E-state index is 6.31. The van der Waals surface area contributed by atoms with Gasteiger partial charge in [-0.25, -0.2) is 4.98 Å². The van der Waals surface area contributed by atoms with Gasteiger partial charge in [-0.15, -0.1) is 23.4 Å². The molecule has 2 rings (SSSR count). The van der Waals surface area contributed by atoms with Gasteiger partial charge in [0.2, 0.25) is 0 Å². The highest BCUT2D eigenvalue weighted by Crippen LogP contribution is 2.44. The van der Waals surface area contributed by atoms with Crippen LogP contribution in [0.5, 0.6) is 0 Å². The van der Waals surface area contributed by atoms with Crippen LogP contribution in [0.3, 0.4) is 0 Å². The van der Waals surface area contributed by atoms with Crippen LogP contribution in [0.25, 0.3) is 12.2 Å². The van der Waals surface area contributed by atoms with Crippen LogP contribution in [-0.2, 0) is 21.9 Å². The number of alkyl halides is 1. The third-order valence-electron chi connectivity index (χ3n) is 5.91. The number of H-pyrrole nitrogens is 1. The van der Waals surface area contributed by atoms with Crippen molar-refractivity contribution < 1.29 is 9.05 Å². The van der Waals surface area contributed by atoms with Crippen LogP contribution in [0.15, 0.2) is 83.0 Å². The summed E-state index contributed by atoms with van der Waals surface area (Å²) in [6.07, 6.45) is 19.5. The molecule has 0 fully saturated rings. The minimum Gasteiger partial charge on any atom is -0.334 e. The highest BCUT2D eigenvalue weighted by Gasteiger charge is 2.17. The molecule has 0 aliphatic heterocycles. The minimum atomic E-state index is -1.09. The van der Waals surface area contributed by atoms with Gasteiger partial charge in [0, 0.05) is 12.8 Å². The van der Waals surface area contributed by atoms with E-state index in [1.807, 2.05) is 78.1 Å². The molecule has 5 nitrogen and oxygen atoms in total. The Morgan fingerprint density at radius 3 is 2.39 bits per heavy atom. The van der Waals surface area contributed by atoms with E-state index in [1.54, 1.807) is 17.8 Å². The average Bonchev–Trinajstić information content (AvgIpc) is 3.40. The van der Waals surface area contributed by atoms with E-state index < -0.39 is 8.38 Å². The lowest BCUT2D eigenvalue weighted by atomic mass is 10.1. The van der Waals surface area contributed by atoms with Gasteiger partial charge >= 0.3 is 0 Å². The molecule has 1 aromatic heterocycles. The van der Waals surface area contributed by atoms with Crippen LogP contribution >= 0.6 is 31.7 Å². The molecule has 1 aromatic carbocycles. The Morgan fingerprint density at radius 2 is 1.80 bits per heavy atom. The molecule has 3 atom stereocenters. The first-order valence-electron chi connectivity index (χ1n) is 14.9. The number of aromatic nitrogens is 2. The van der Waals surface area contributed by atoms with Crippen LogP contribution in [0.4, 0.5) is 0 Å². The average molecular weight is 654 g/mol. The van der Waals surface area contributed by atoms with Crippen molar-refractivity contribution in [3.63, 3.8) is 0 Å². The second kappa shape index (κ2) is 24.6. The summed E-state index contributed by atoms with van der Waals surface area (Å²) in [6.45, 7) is 18.7. The van der Waals surface area contributed by atoms with E-state index in [9.17, 15) is 0 Å². The summed E-state index contributed by atoms with van der Waals surface area (Å²) < 4.78 is 12.2. The number of imidazole rings is 1. The number of halogens is 1. The smallest absolute Gasteiger partial charge is 0.182 e. The van der Waals surface area contributed by atoms with E-state index in [0.717, 1.165) is 40.8 Å². The van der Waals surface area contributed by atoms with E-state index in [0.29, 0.717) is 12.1 Å². The van der Waals surface area contributed by atoms with Crippen LogP contribution in [0.2, 0.25) is 0 Å². The molecular formula is C36H49ClN3O2PS. The van der Waals surface area contributed by atoms with Crippen LogP contribution in [-0.4, -0.2) is 46.3 Å². The van der Waals surface area contributed by atoms with Gasteiger partial charge < -0.3 is 14.0 Å². The fourth-order valence-electron chi connectivity index (χ4n) is 3.44. The first-order chi connectivity index (χ1) is 21.3. The highest BCUT2D eigenvalue weighted by molar-refractivity contribution is 8.03. The number of thioether (sulfide) groups is 1. The third kappa shape index (κ3) is 17.6.